The number of carbonyl (C=O) groups is 3. The lowest BCUT2D eigenvalue weighted by Gasteiger charge is -2.43. The van der Waals surface area contributed by atoms with E-state index in [2.05, 4.69) is 5.32 Å². The summed E-state index contributed by atoms with van der Waals surface area (Å²) in [4.78, 5) is 42.7. The summed E-state index contributed by atoms with van der Waals surface area (Å²) in [5.41, 5.74) is 2.15. The molecule has 6 nitrogen and oxygen atoms in total. The van der Waals surface area contributed by atoms with Crippen LogP contribution in [-0.4, -0.2) is 45.5 Å². The van der Waals surface area contributed by atoms with Crippen LogP contribution in [0.4, 0.5) is 4.79 Å². The van der Waals surface area contributed by atoms with E-state index in [9.17, 15) is 14.4 Å². The van der Waals surface area contributed by atoms with Crippen molar-refractivity contribution in [1.29, 1.82) is 0 Å². The first-order valence-electron chi connectivity index (χ1n) is 12.4. The molecule has 0 aromatic heterocycles. The molecular formula is C28H31N3O3S. The molecule has 2 aromatic carbocycles. The maximum atomic E-state index is 13.5. The third-order valence-electron chi connectivity index (χ3n) is 7.32. The van der Waals surface area contributed by atoms with Crippen molar-refractivity contribution in [1.82, 2.24) is 15.1 Å². The van der Waals surface area contributed by atoms with E-state index in [4.69, 9.17) is 0 Å². The number of urea groups is 1. The minimum atomic E-state index is -0.267. The number of hydrogen-bond acceptors (Lipinski definition) is 4. The van der Waals surface area contributed by atoms with E-state index in [1.54, 1.807) is 0 Å². The van der Waals surface area contributed by atoms with Crippen LogP contribution >= 0.6 is 11.8 Å². The Balaban J connectivity index is 1.18. The lowest BCUT2D eigenvalue weighted by Crippen LogP contribution is -2.62. The van der Waals surface area contributed by atoms with Crippen LogP contribution in [0.2, 0.25) is 0 Å². The van der Waals surface area contributed by atoms with Gasteiger partial charge >= 0.3 is 6.03 Å². The summed E-state index contributed by atoms with van der Waals surface area (Å²) in [6.45, 7) is 1.47. The first-order valence-corrected chi connectivity index (χ1v) is 13.3. The van der Waals surface area contributed by atoms with Crippen LogP contribution in [-0.2, 0) is 22.7 Å². The van der Waals surface area contributed by atoms with Crippen molar-refractivity contribution in [2.75, 3.05) is 6.54 Å². The van der Waals surface area contributed by atoms with E-state index >= 15 is 0 Å². The van der Waals surface area contributed by atoms with E-state index in [1.807, 2.05) is 77.0 Å². The third kappa shape index (κ3) is 5.30. The summed E-state index contributed by atoms with van der Waals surface area (Å²) in [7, 11) is 0. The summed E-state index contributed by atoms with van der Waals surface area (Å²) in [6.07, 6.45) is 5.25. The number of fused-ring (bicyclic) bond motifs is 1. The van der Waals surface area contributed by atoms with Crippen molar-refractivity contribution in [3.05, 3.63) is 83.3 Å². The van der Waals surface area contributed by atoms with E-state index in [1.165, 1.54) is 16.7 Å². The Kier molecular flexibility index (Phi) is 7.23. The number of amides is 4. The second-order valence-electron chi connectivity index (χ2n) is 9.64. The van der Waals surface area contributed by atoms with Gasteiger partial charge in [0.05, 0.1) is 6.04 Å². The van der Waals surface area contributed by atoms with Gasteiger partial charge in [0.1, 0.15) is 5.25 Å². The predicted octanol–water partition coefficient (Wildman–Crippen LogP) is 4.57. The average molecular weight is 490 g/mol. The van der Waals surface area contributed by atoms with Gasteiger partial charge in [0.15, 0.2) is 0 Å². The summed E-state index contributed by atoms with van der Waals surface area (Å²) in [5, 5.41) is 4.74. The van der Waals surface area contributed by atoms with Crippen molar-refractivity contribution in [3.8, 4) is 0 Å². The lowest BCUT2D eigenvalue weighted by molar-refractivity contribution is -0.132. The van der Waals surface area contributed by atoms with E-state index in [0.29, 0.717) is 19.6 Å². The van der Waals surface area contributed by atoms with Crippen LogP contribution in [0.3, 0.4) is 0 Å². The van der Waals surface area contributed by atoms with Gasteiger partial charge in [-0.2, -0.15) is 0 Å². The van der Waals surface area contributed by atoms with Crippen LogP contribution < -0.4 is 5.32 Å². The average Bonchev–Trinajstić information content (AvgIpc) is 3.39. The molecule has 1 saturated carbocycles. The molecule has 4 amide bonds. The summed E-state index contributed by atoms with van der Waals surface area (Å²) < 4.78 is 0. The molecule has 2 heterocycles. The molecule has 3 aliphatic rings. The smallest absolute Gasteiger partial charge is 0.327 e. The normalized spacial score (nSPS) is 26.1. The number of nitrogens with one attached hydrogen (secondary N) is 1. The fourth-order valence-corrected chi connectivity index (χ4v) is 6.37. The molecule has 0 spiro atoms. The zero-order valence-electron chi connectivity index (χ0n) is 19.7. The Labute approximate surface area is 210 Å². The summed E-state index contributed by atoms with van der Waals surface area (Å²) in [6, 6.07) is 19.5. The Morgan fingerprint density at radius 3 is 2.26 bits per heavy atom. The van der Waals surface area contributed by atoms with Gasteiger partial charge in [-0.1, -0.05) is 66.7 Å². The van der Waals surface area contributed by atoms with Crippen LogP contribution in [0.15, 0.2) is 72.1 Å². The molecule has 2 aromatic rings. The first kappa shape index (κ1) is 23.7. The number of rotatable bonds is 7. The highest BCUT2D eigenvalue weighted by Crippen LogP contribution is 2.37. The van der Waals surface area contributed by atoms with Gasteiger partial charge in [-0.15, -0.1) is 11.8 Å². The first-order chi connectivity index (χ1) is 17.1. The highest BCUT2D eigenvalue weighted by atomic mass is 32.2. The van der Waals surface area contributed by atoms with Gasteiger partial charge < -0.3 is 10.2 Å². The highest BCUT2D eigenvalue weighted by molar-refractivity contribution is 8.03. The second kappa shape index (κ2) is 10.7. The summed E-state index contributed by atoms with van der Waals surface area (Å²) in [5.74, 6) is 0.247. The van der Waals surface area contributed by atoms with E-state index < -0.39 is 0 Å². The Morgan fingerprint density at radius 1 is 0.914 bits per heavy atom. The van der Waals surface area contributed by atoms with Crippen molar-refractivity contribution in [2.24, 2.45) is 11.8 Å². The minimum absolute atomic E-state index is 0.00346. The molecule has 2 atom stereocenters. The van der Waals surface area contributed by atoms with Gasteiger partial charge in [0.25, 0.3) is 0 Å². The number of imide groups is 1. The SMILES string of the molecule is O=C(NCc1ccccc1)C1CCC(CN2C(=O)C3SC=CC3N(Cc3ccccc3)C2=O)CC1. The van der Waals surface area contributed by atoms with Crippen LogP contribution in [0, 0.1) is 11.8 Å². The Hall–Kier alpha value is -3.06. The quantitative estimate of drug-likeness (QED) is 0.619. The van der Waals surface area contributed by atoms with Gasteiger partial charge in [-0.3, -0.25) is 14.5 Å². The van der Waals surface area contributed by atoms with Gasteiger partial charge in [0.2, 0.25) is 11.8 Å². The van der Waals surface area contributed by atoms with Gasteiger partial charge in [-0.25, -0.2) is 4.79 Å². The molecule has 2 unspecified atom stereocenters. The second-order valence-corrected chi connectivity index (χ2v) is 10.7. The van der Waals surface area contributed by atoms with E-state index in [-0.39, 0.29) is 41.0 Å². The van der Waals surface area contributed by atoms with Crippen LogP contribution in [0.5, 0.6) is 0 Å². The molecule has 0 bridgehead atoms. The third-order valence-corrected chi connectivity index (χ3v) is 8.41. The summed E-state index contributed by atoms with van der Waals surface area (Å²) >= 11 is 1.51. The maximum Gasteiger partial charge on any atom is 0.327 e. The molecule has 5 rings (SSSR count). The molecule has 1 saturated heterocycles. The topological polar surface area (TPSA) is 69.7 Å². The van der Waals surface area contributed by atoms with Gasteiger partial charge in [-0.05, 0) is 48.1 Å². The maximum absolute atomic E-state index is 13.5. The zero-order chi connectivity index (χ0) is 24.2. The van der Waals surface area contributed by atoms with Gasteiger partial charge in [0, 0.05) is 25.6 Å². The number of benzene rings is 2. The highest BCUT2D eigenvalue weighted by Gasteiger charge is 2.47. The molecular weight excluding hydrogens is 458 g/mol. The van der Waals surface area contributed by atoms with Crippen molar-refractivity contribution in [3.63, 3.8) is 0 Å². The van der Waals surface area contributed by atoms with E-state index in [0.717, 1.165) is 36.8 Å². The Bertz CT molecular complexity index is 1080. The number of thioether (sulfide) groups is 1. The van der Waals surface area contributed by atoms with Crippen LogP contribution in [0.25, 0.3) is 0 Å². The molecule has 7 heteroatoms. The number of hydrogen-bond donors (Lipinski definition) is 1. The van der Waals surface area contributed by atoms with Crippen LogP contribution in [0.1, 0.15) is 36.8 Å². The monoisotopic (exact) mass is 489 g/mol. The molecule has 2 aliphatic heterocycles. The molecule has 1 N–H and O–H groups in total. The minimum Gasteiger partial charge on any atom is -0.352 e. The fraction of sp³-hybridized carbons (Fsp3) is 0.393. The zero-order valence-corrected chi connectivity index (χ0v) is 20.5. The Morgan fingerprint density at radius 2 is 1.57 bits per heavy atom. The number of nitrogens with zero attached hydrogens (tertiary/aromatic N) is 2. The standard InChI is InChI=1S/C28H31N3O3S/c32-26(29-17-20-7-3-1-4-8-20)23-13-11-22(12-14-23)19-31-27(33)25-24(15-16-35-25)30(28(31)34)18-21-9-5-2-6-10-21/h1-10,15-16,22-25H,11-14,17-19H2,(H,29,32). The molecule has 35 heavy (non-hydrogen) atoms. The van der Waals surface area contributed by atoms with Crippen molar-refractivity contribution >= 4 is 29.6 Å². The molecule has 182 valence electrons. The molecule has 2 fully saturated rings. The number of carbonyl (C=O) groups excluding carboxylic acids is 3. The lowest BCUT2D eigenvalue weighted by atomic mass is 9.81. The van der Waals surface area contributed by atoms with Crippen molar-refractivity contribution in [2.45, 2.75) is 50.1 Å². The predicted molar refractivity (Wildman–Crippen MR) is 137 cm³/mol. The molecule has 1 aliphatic carbocycles. The van der Waals surface area contributed by atoms with Crippen molar-refractivity contribution < 1.29 is 14.4 Å². The largest absolute Gasteiger partial charge is 0.352 e. The molecule has 0 radical (unpaired) electrons. The fourth-order valence-electron chi connectivity index (χ4n) is 5.31.